The van der Waals surface area contributed by atoms with Crippen LogP contribution in [0.5, 0.6) is 0 Å². The number of benzene rings is 2. The smallest absolute Gasteiger partial charge is 0.219 e. The molecule has 4 heteroatoms. The van der Waals surface area contributed by atoms with E-state index < -0.39 is 0 Å². The maximum atomic E-state index is 12.4. The molecule has 2 aliphatic heterocycles. The number of nitrogens with one attached hydrogen (secondary N) is 1. The summed E-state index contributed by atoms with van der Waals surface area (Å²) in [6, 6.07) is 17.4. The second-order valence-corrected chi connectivity index (χ2v) is 8.45. The van der Waals surface area contributed by atoms with Gasteiger partial charge in [0.2, 0.25) is 5.91 Å². The molecule has 0 saturated carbocycles. The lowest BCUT2D eigenvalue weighted by Gasteiger charge is -2.30. The van der Waals surface area contributed by atoms with Gasteiger partial charge in [0.05, 0.1) is 6.04 Å². The third-order valence-corrected chi connectivity index (χ3v) is 6.72. The van der Waals surface area contributed by atoms with Crippen LogP contribution >= 0.6 is 0 Å². The number of carbonyl (C=O) groups is 1. The molecule has 2 aliphatic rings. The predicted octanol–water partition coefficient (Wildman–Crippen LogP) is 4.13. The summed E-state index contributed by atoms with van der Waals surface area (Å²) in [5.41, 5.74) is 5.21. The number of likely N-dealkylation sites (tertiary alicyclic amines) is 2. The van der Waals surface area contributed by atoms with E-state index in [9.17, 15) is 4.79 Å². The van der Waals surface area contributed by atoms with E-state index >= 15 is 0 Å². The van der Waals surface area contributed by atoms with Crippen molar-refractivity contribution in [2.24, 2.45) is 11.8 Å². The van der Waals surface area contributed by atoms with Gasteiger partial charge < -0.3 is 9.88 Å². The lowest BCUT2D eigenvalue weighted by molar-refractivity contribution is -0.130. The molecule has 4 nitrogen and oxygen atoms in total. The highest BCUT2D eigenvalue weighted by molar-refractivity contribution is 5.82. The van der Waals surface area contributed by atoms with E-state index in [4.69, 9.17) is 0 Å². The lowest BCUT2D eigenvalue weighted by Crippen LogP contribution is -2.34. The highest BCUT2D eigenvalue weighted by atomic mass is 16.2. The van der Waals surface area contributed by atoms with E-state index in [1.54, 1.807) is 6.92 Å². The molecule has 3 atom stereocenters. The predicted molar refractivity (Wildman–Crippen MR) is 112 cm³/mol. The first-order valence-corrected chi connectivity index (χ1v) is 10.2. The van der Waals surface area contributed by atoms with Gasteiger partial charge in [-0.1, -0.05) is 42.5 Å². The number of nitrogens with zero attached hydrogens (tertiary/aromatic N) is 2. The average Bonchev–Trinajstić information content (AvgIpc) is 3.36. The van der Waals surface area contributed by atoms with Gasteiger partial charge in [-0.05, 0) is 41.0 Å². The summed E-state index contributed by atoms with van der Waals surface area (Å²) >= 11 is 0. The third kappa shape index (κ3) is 2.83. The standard InChI is InChI=1S/C24H27N3O/c1-16-6-3-4-9-21(16)24-22-15-26(13-20(22)14-27(24)17(2)28)12-19-8-5-7-18-10-11-25-23(18)19/h3-11,20,22,24-25H,12-15H2,1-2H3/t20-,22-,24-/m1/s1. The number of aromatic nitrogens is 1. The molecule has 5 rings (SSSR count). The number of hydrogen-bond acceptors (Lipinski definition) is 2. The van der Waals surface area contributed by atoms with Crippen molar-refractivity contribution in [3.8, 4) is 0 Å². The van der Waals surface area contributed by atoms with Gasteiger partial charge in [0.15, 0.2) is 0 Å². The van der Waals surface area contributed by atoms with E-state index in [0.29, 0.717) is 11.8 Å². The van der Waals surface area contributed by atoms with Crippen molar-refractivity contribution < 1.29 is 4.79 Å². The number of amides is 1. The van der Waals surface area contributed by atoms with Crippen LogP contribution in [0.15, 0.2) is 54.7 Å². The van der Waals surface area contributed by atoms with Gasteiger partial charge in [0.25, 0.3) is 0 Å². The highest BCUT2D eigenvalue weighted by Crippen LogP contribution is 2.46. The molecule has 1 aromatic heterocycles. The minimum absolute atomic E-state index is 0.199. The third-order valence-electron chi connectivity index (χ3n) is 6.72. The number of aryl methyl sites for hydroxylation is 1. The monoisotopic (exact) mass is 373 g/mol. The minimum Gasteiger partial charge on any atom is -0.361 e. The van der Waals surface area contributed by atoms with Crippen molar-refractivity contribution in [2.75, 3.05) is 19.6 Å². The van der Waals surface area contributed by atoms with Gasteiger partial charge in [0, 0.05) is 50.7 Å². The maximum absolute atomic E-state index is 12.4. The number of aromatic amines is 1. The second kappa shape index (κ2) is 6.78. The fourth-order valence-corrected chi connectivity index (χ4v) is 5.43. The van der Waals surface area contributed by atoms with E-state index in [-0.39, 0.29) is 11.9 Å². The molecule has 0 spiro atoms. The zero-order chi connectivity index (χ0) is 19.3. The Hall–Kier alpha value is -2.59. The number of H-pyrrole nitrogens is 1. The second-order valence-electron chi connectivity index (χ2n) is 8.45. The fourth-order valence-electron chi connectivity index (χ4n) is 5.43. The Morgan fingerprint density at radius 3 is 2.75 bits per heavy atom. The minimum atomic E-state index is 0.199. The van der Waals surface area contributed by atoms with Crippen molar-refractivity contribution in [2.45, 2.75) is 26.4 Å². The Kier molecular flexibility index (Phi) is 4.24. The number of carbonyl (C=O) groups excluding carboxylic acids is 1. The van der Waals surface area contributed by atoms with Crippen molar-refractivity contribution in [1.82, 2.24) is 14.8 Å². The Morgan fingerprint density at radius 2 is 1.93 bits per heavy atom. The van der Waals surface area contributed by atoms with Gasteiger partial charge in [-0.15, -0.1) is 0 Å². The summed E-state index contributed by atoms with van der Waals surface area (Å²) in [6.45, 7) is 7.84. The van der Waals surface area contributed by atoms with Gasteiger partial charge >= 0.3 is 0 Å². The van der Waals surface area contributed by atoms with E-state index in [1.165, 1.54) is 27.6 Å². The molecular weight excluding hydrogens is 346 g/mol. The Balaban J connectivity index is 1.41. The lowest BCUT2D eigenvalue weighted by atomic mass is 9.87. The van der Waals surface area contributed by atoms with Crippen LogP contribution in [-0.4, -0.2) is 40.3 Å². The summed E-state index contributed by atoms with van der Waals surface area (Å²) in [7, 11) is 0. The number of hydrogen-bond donors (Lipinski definition) is 1. The molecule has 3 heterocycles. The molecule has 2 fully saturated rings. The number of para-hydroxylation sites is 1. The largest absolute Gasteiger partial charge is 0.361 e. The number of fused-ring (bicyclic) bond motifs is 2. The van der Waals surface area contributed by atoms with Crippen LogP contribution in [0.3, 0.4) is 0 Å². The van der Waals surface area contributed by atoms with Crippen LogP contribution in [-0.2, 0) is 11.3 Å². The molecule has 2 aromatic carbocycles. The molecule has 28 heavy (non-hydrogen) atoms. The van der Waals surface area contributed by atoms with Crippen molar-refractivity contribution in [3.05, 3.63) is 71.4 Å². The van der Waals surface area contributed by atoms with Crippen LogP contribution in [0.1, 0.15) is 29.7 Å². The molecule has 0 radical (unpaired) electrons. The summed E-state index contributed by atoms with van der Waals surface area (Å²) in [5, 5.41) is 1.28. The van der Waals surface area contributed by atoms with Gasteiger partial charge in [-0.3, -0.25) is 9.69 Å². The van der Waals surface area contributed by atoms with E-state index in [0.717, 1.165) is 26.2 Å². The van der Waals surface area contributed by atoms with Gasteiger partial charge in [0.1, 0.15) is 0 Å². The molecule has 0 aliphatic carbocycles. The summed E-state index contributed by atoms with van der Waals surface area (Å²) in [5.74, 6) is 1.26. The van der Waals surface area contributed by atoms with Crippen LogP contribution in [0.4, 0.5) is 0 Å². The van der Waals surface area contributed by atoms with Crippen LogP contribution in [0.2, 0.25) is 0 Å². The van der Waals surface area contributed by atoms with Crippen molar-refractivity contribution >= 4 is 16.8 Å². The first-order valence-electron chi connectivity index (χ1n) is 10.2. The number of rotatable bonds is 3. The van der Waals surface area contributed by atoms with Crippen molar-refractivity contribution in [3.63, 3.8) is 0 Å². The van der Waals surface area contributed by atoms with E-state index in [1.807, 2.05) is 6.20 Å². The zero-order valence-corrected chi connectivity index (χ0v) is 16.6. The molecule has 3 aromatic rings. The normalized spacial score (nSPS) is 24.8. The Labute approximate surface area is 166 Å². The van der Waals surface area contributed by atoms with Crippen LogP contribution in [0, 0.1) is 18.8 Å². The summed E-state index contributed by atoms with van der Waals surface area (Å²) in [6.07, 6.45) is 2.02. The van der Waals surface area contributed by atoms with Gasteiger partial charge in [-0.2, -0.15) is 0 Å². The topological polar surface area (TPSA) is 39.3 Å². The molecule has 1 amide bonds. The molecule has 0 bridgehead atoms. The zero-order valence-electron chi connectivity index (χ0n) is 16.6. The molecule has 2 saturated heterocycles. The SMILES string of the molecule is CC(=O)N1C[C@H]2CN(Cc3cccc4cc[nH]c34)C[C@H]2[C@H]1c1ccccc1C. The molecular formula is C24H27N3O. The summed E-state index contributed by atoms with van der Waals surface area (Å²) in [4.78, 5) is 20.5. The van der Waals surface area contributed by atoms with Gasteiger partial charge in [-0.25, -0.2) is 0 Å². The Morgan fingerprint density at radius 1 is 1.07 bits per heavy atom. The van der Waals surface area contributed by atoms with Crippen LogP contribution in [0.25, 0.3) is 10.9 Å². The molecule has 1 N–H and O–H groups in total. The first kappa shape index (κ1) is 17.5. The highest BCUT2D eigenvalue weighted by Gasteiger charge is 2.48. The summed E-state index contributed by atoms with van der Waals surface area (Å²) < 4.78 is 0. The van der Waals surface area contributed by atoms with Crippen molar-refractivity contribution in [1.29, 1.82) is 0 Å². The average molecular weight is 374 g/mol. The van der Waals surface area contributed by atoms with Crippen LogP contribution < -0.4 is 0 Å². The molecule has 144 valence electrons. The molecule has 0 unspecified atom stereocenters. The maximum Gasteiger partial charge on any atom is 0.219 e. The quantitative estimate of drug-likeness (QED) is 0.750. The fraction of sp³-hybridized carbons (Fsp3) is 0.375. The Bertz CT molecular complexity index is 1020. The van der Waals surface area contributed by atoms with E-state index in [2.05, 4.69) is 70.2 Å². The first-order chi connectivity index (χ1) is 13.6.